The van der Waals surface area contributed by atoms with Gasteiger partial charge >= 0.3 is 6.18 Å². The zero-order valence-electron chi connectivity index (χ0n) is 11.2. The number of hydrogen-bond donors (Lipinski definition) is 1. The third-order valence-electron chi connectivity index (χ3n) is 3.21. The number of aromatic nitrogens is 2. The second-order valence-electron chi connectivity index (χ2n) is 4.61. The number of rotatable bonds is 3. The molecule has 0 saturated carbocycles. The fourth-order valence-corrected chi connectivity index (χ4v) is 2.04. The molecule has 0 aliphatic carbocycles. The Labute approximate surface area is 119 Å². The smallest absolute Gasteiger partial charge is 0.396 e. The summed E-state index contributed by atoms with van der Waals surface area (Å²) < 4.78 is 37.2. The molecule has 0 spiro atoms. The number of amides is 1. The summed E-state index contributed by atoms with van der Waals surface area (Å²) in [6.45, 7) is 1.57. The minimum Gasteiger partial charge on any atom is -0.396 e. The van der Waals surface area contributed by atoms with Crippen molar-refractivity contribution in [3.05, 3.63) is 18.0 Å². The van der Waals surface area contributed by atoms with Crippen LogP contribution in [0.25, 0.3) is 0 Å². The first-order valence-electron chi connectivity index (χ1n) is 6.44. The summed E-state index contributed by atoms with van der Waals surface area (Å²) >= 11 is 0. The molecule has 1 aliphatic rings. The van der Waals surface area contributed by atoms with Crippen LogP contribution < -0.4 is 4.90 Å². The van der Waals surface area contributed by atoms with Gasteiger partial charge in [0, 0.05) is 45.0 Å². The monoisotopic (exact) mass is 304 g/mol. The van der Waals surface area contributed by atoms with E-state index in [1.807, 2.05) is 0 Å². The molecule has 1 aliphatic heterocycles. The molecule has 0 bridgehead atoms. The summed E-state index contributed by atoms with van der Waals surface area (Å²) in [6, 6.07) is 0. The lowest BCUT2D eigenvalue weighted by atomic mass is 10.3. The van der Waals surface area contributed by atoms with Gasteiger partial charge in [0.25, 0.3) is 0 Å². The minimum absolute atomic E-state index is 0.0801. The zero-order valence-corrected chi connectivity index (χ0v) is 11.2. The number of aliphatic hydroxyl groups excluding tert-OH is 1. The Balaban J connectivity index is 1.95. The molecule has 0 unspecified atom stereocenters. The highest BCUT2D eigenvalue weighted by atomic mass is 19.4. The molecule has 1 aromatic heterocycles. The van der Waals surface area contributed by atoms with E-state index in [0.29, 0.717) is 26.2 Å². The average molecular weight is 304 g/mol. The minimum atomic E-state index is -4.45. The number of alkyl halides is 3. The third-order valence-corrected chi connectivity index (χ3v) is 3.21. The van der Waals surface area contributed by atoms with Gasteiger partial charge in [-0.3, -0.25) is 4.79 Å². The quantitative estimate of drug-likeness (QED) is 0.882. The number of aliphatic hydroxyl groups is 1. The van der Waals surface area contributed by atoms with Crippen LogP contribution in [0.1, 0.15) is 12.0 Å². The summed E-state index contributed by atoms with van der Waals surface area (Å²) in [5.41, 5.74) is -0.886. The molecule has 116 valence electrons. The van der Waals surface area contributed by atoms with E-state index in [1.165, 1.54) is 0 Å². The summed E-state index contributed by atoms with van der Waals surface area (Å²) in [5.74, 6) is 0.0859. The van der Waals surface area contributed by atoms with Crippen molar-refractivity contribution in [1.82, 2.24) is 14.9 Å². The Bertz CT molecular complexity index is 484. The molecule has 1 aromatic rings. The molecule has 0 atom stereocenters. The van der Waals surface area contributed by atoms with Crippen LogP contribution in [-0.2, 0) is 11.0 Å². The maximum Gasteiger partial charge on any atom is 0.419 e. The van der Waals surface area contributed by atoms with Crippen molar-refractivity contribution in [2.75, 3.05) is 37.7 Å². The van der Waals surface area contributed by atoms with E-state index in [4.69, 9.17) is 5.11 Å². The molecule has 1 N–H and O–H groups in total. The standard InChI is InChI=1S/C12H15F3N4O2/c13-12(14,15)9-7-16-11(17-8-9)19-4-2-18(3-5-19)10(21)1-6-20/h7-8,20H,1-6H2. The Morgan fingerprint density at radius 2 is 1.76 bits per heavy atom. The largest absolute Gasteiger partial charge is 0.419 e. The number of carbonyl (C=O) groups is 1. The molecule has 0 aromatic carbocycles. The fourth-order valence-electron chi connectivity index (χ4n) is 2.04. The normalized spacial score (nSPS) is 16.2. The van der Waals surface area contributed by atoms with Gasteiger partial charge in [0.15, 0.2) is 0 Å². The van der Waals surface area contributed by atoms with Crippen molar-refractivity contribution >= 4 is 11.9 Å². The number of carbonyl (C=O) groups excluding carboxylic acids is 1. The van der Waals surface area contributed by atoms with Crippen LogP contribution in [0.4, 0.5) is 19.1 Å². The Kier molecular flexibility index (Phi) is 4.61. The molecule has 2 rings (SSSR count). The lowest BCUT2D eigenvalue weighted by Gasteiger charge is -2.34. The van der Waals surface area contributed by atoms with Crippen LogP contribution in [0, 0.1) is 0 Å². The maximum absolute atomic E-state index is 12.4. The van der Waals surface area contributed by atoms with Gasteiger partial charge in [-0.2, -0.15) is 13.2 Å². The Hall–Kier alpha value is -1.90. The van der Waals surface area contributed by atoms with Gasteiger partial charge in [-0.25, -0.2) is 9.97 Å². The highest BCUT2D eigenvalue weighted by Gasteiger charge is 2.32. The third kappa shape index (κ3) is 3.81. The van der Waals surface area contributed by atoms with Crippen molar-refractivity contribution in [1.29, 1.82) is 0 Å². The zero-order chi connectivity index (χ0) is 15.5. The molecule has 1 fully saturated rings. The van der Waals surface area contributed by atoms with Gasteiger partial charge in [0.2, 0.25) is 11.9 Å². The van der Waals surface area contributed by atoms with Crippen molar-refractivity contribution in [2.45, 2.75) is 12.6 Å². The van der Waals surface area contributed by atoms with Crippen molar-refractivity contribution in [3.63, 3.8) is 0 Å². The van der Waals surface area contributed by atoms with Crippen LogP contribution in [0.3, 0.4) is 0 Å². The summed E-state index contributed by atoms with van der Waals surface area (Å²) in [4.78, 5) is 22.4. The predicted molar refractivity (Wildman–Crippen MR) is 67.5 cm³/mol. The number of halogens is 3. The van der Waals surface area contributed by atoms with E-state index in [-0.39, 0.29) is 24.9 Å². The summed E-state index contributed by atoms with van der Waals surface area (Å²) in [7, 11) is 0. The van der Waals surface area contributed by atoms with E-state index < -0.39 is 11.7 Å². The van der Waals surface area contributed by atoms with Crippen molar-refractivity contribution in [3.8, 4) is 0 Å². The molecular weight excluding hydrogens is 289 g/mol. The maximum atomic E-state index is 12.4. The van der Waals surface area contributed by atoms with Crippen molar-refractivity contribution in [2.24, 2.45) is 0 Å². The highest BCUT2D eigenvalue weighted by Crippen LogP contribution is 2.28. The van der Waals surface area contributed by atoms with Gasteiger partial charge in [-0.1, -0.05) is 0 Å². The second kappa shape index (κ2) is 6.25. The molecule has 2 heterocycles. The van der Waals surface area contributed by atoms with E-state index in [9.17, 15) is 18.0 Å². The second-order valence-corrected chi connectivity index (χ2v) is 4.61. The number of piperazine rings is 1. The Morgan fingerprint density at radius 3 is 2.24 bits per heavy atom. The predicted octanol–water partition coefficient (Wildman–Crippen LogP) is 0.526. The van der Waals surface area contributed by atoms with Gasteiger partial charge < -0.3 is 14.9 Å². The van der Waals surface area contributed by atoms with Gasteiger partial charge in [0.05, 0.1) is 12.2 Å². The van der Waals surface area contributed by atoms with E-state index >= 15 is 0 Å². The van der Waals surface area contributed by atoms with Crippen LogP contribution in [-0.4, -0.2) is 58.7 Å². The van der Waals surface area contributed by atoms with Crippen LogP contribution >= 0.6 is 0 Å². The first-order chi connectivity index (χ1) is 9.91. The SMILES string of the molecule is O=C(CCO)N1CCN(c2ncc(C(F)(F)F)cn2)CC1. The van der Waals surface area contributed by atoms with E-state index in [1.54, 1.807) is 9.80 Å². The van der Waals surface area contributed by atoms with Gasteiger partial charge in [-0.15, -0.1) is 0 Å². The average Bonchev–Trinajstić information content (AvgIpc) is 2.47. The molecule has 6 nitrogen and oxygen atoms in total. The van der Waals surface area contributed by atoms with E-state index in [2.05, 4.69) is 9.97 Å². The molecule has 0 radical (unpaired) electrons. The van der Waals surface area contributed by atoms with Crippen LogP contribution in [0.2, 0.25) is 0 Å². The van der Waals surface area contributed by atoms with Gasteiger partial charge in [-0.05, 0) is 0 Å². The molecule has 9 heteroatoms. The topological polar surface area (TPSA) is 69.6 Å². The first kappa shape index (κ1) is 15.5. The number of nitrogens with zero attached hydrogens (tertiary/aromatic N) is 4. The van der Waals surface area contributed by atoms with E-state index in [0.717, 1.165) is 12.4 Å². The molecule has 1 saturated heterocycles. The summed E-state index contributed by atoms with van der Waals surface area (Å²) in [6.07, 6.45) is -2.86. The number of anilines is 1. The van der Waals surface area contributed by atoms with Crippen LogP contribution in [0.5, 0.6) is 0 Å². The summed E-state index contributed by atoms with van der Waals surface area (Å²) in [5, 5.41) is 8.72. The lowest BCUT2D eigenvalue weighted by Crippen LogP contribution is -2.49. The number of hydrogen-bond acceptors (Lipinski definition) is 5. The van der Waals surface area contributed by atoms with Crippen molar-refractivity contribution < 1.29 is 23.1 Å². The molecular formula is C12H15F3N4O2. The fraction of sp³-hybridized carbons (Fsp3) is 0.583. The highest BCUT2D eigenvalue weighted by molar-refractivity contribution is 5.76. The Morgan fingerprint density at radius 1 is 1.19 bits per heavy atom. The first-order valence-corrected chi connectivity index (χ1v) is 6.44. The molecule has 1 amide bonds. The molecule has 21 heavy (non-hydrogen) atoms. The van der Waals surface area contributed by atoms with Gasteiger partial charge in [0.1, 0.15) is 0 Å². The van der Waals surface area contributed by atoms with Crippen LogP contribution in [0.15, 0.2) is 12.4 Å². The lowest BCUT2D eigenvalue weighted by molar-refractivity contribution is -0.138.